The van der Waals surface area contributed by atoms with Gasteiger partial charge in [-0.2, -0.15) is 0 Å². The van der Waals surface area contributed by atoms with Crippen molar-refractivity contribution in [3.63, 3.8) is 0 Å². The van der Waals surface area contributed by atoms with Crippen molar-refractivity contribution in [2.24, 2.45) is 50.7 Å². The number of rotatable bonds is 2. The summed E-state index contributed by atoms with van der Waals surface area (Å²) in [6.45, 7) is 19.4. The molecule has 194 valence electrons. The van der Waals surface area contributed by atoms with Crippen molar-refractivity contribution in [2.75, 3.05) is 7.11 Å². The Morgan fingerprint density at radius 2 is 1.41 bits per heavy atom. The lowest BCUT2D eigenvalue weighted by atomic mass is 9.35. The summed E-state index contributed by atoms with van der Waals surface area (Å²) in [5.74, 6) is 3.14. The van der Waals surface area contributed by atoms with Gasteiger partial charge in [-0.25, -0.2) is 0 Å². The standard InChI is InChI=1S/C31H52O3/c1-26(2)18-19-31(8,34-25(26)33-9)21-12-16-29(6)20(21)10-11-23-28(5)15-14-24(32)27(3,4)22(28)13-17-30(23,29)7/h20-23,25H,10-19H2,1-9H3/t20-,21-,22-,23+,25+,28-,29-,30+,31-/m0/s1. The molecule has 34 heavy (non-hydrogen) atoms. The number of carbonyl (C=O) groups excluding carboxylic acids is 1. The van der Waals surface area contributed by atoms with Crippen LogP contribution in [-0.2, 0) is 14.3 Å². The maximum absolute atomic E-state index is 12.9. The van der Waals surface area contributed by atoms with E-state index in [1.807, 2.05) is 7.11 Å². The first kappa shape index (κ1) is 25.2. The topological polar surface area (TPSA) is 35.5 Å². The largest absolute Gasteiger partial charge is 0.355 e. The van der Waals surface area contributed by atoms with Crippen molar-refractivity contribution in [2.45, 2.75) is 131 Å². The normalized spacial score (nSPS) is 54.1. The van der Waals surface area contributed by atoms with Crippen molar-refractivity contribution < 1.29 is 14.3 Å². The van der Waals surface area contributed by atoms with Gasteiger partial charge in [-0.15, -0.1) is 0 Å². The Hall–Kier alpha value is -0.410. The van der Waals surface area contributed by atoms with Crippen molar-refractivity contribution >= 4 is 5.78 Å². The number of hydrogen-bond donors (Lipinski definition) is 0. The Labute approximate surface area is 209 Å². The second-order valence-corrected chi connectivity index (χ2v) is 15.4. The van der Waals surface area contributed by atoms with Crippen molar-refractivity contribution in [1.82, 2.24) is 0 Å². The Morgan fingerprint density at radius 3 is 2.09 bits per heavy atom. The lowest BCUT2D eigenvalue weighted by Crippen LogP contribution is -2.64. The molecule has 4 saturated carbocycles. The molecule has 0 bridgehead atoms. The van der Waals surface area contributed by atoms with Gasteiger partial charge in [0.05, 0.1) is 5.60 Å². The quantitative estimate of drug-likeness (QED) is 0.411. The van der Waals surface area contributed by atoms with Crippen LogP contribution in [0.1, 0.15) is 120 Å². The van der Waals surface area contributed by atoms with Gasteiger partial charge < -0.3 is 9.47 Å². The first-order valence-electron chi connectivity index (χ1n) is 14.4. The molecule has 0 radical (unpaired) electrons. The van der Waals surface area contributed by atoms with E-state index in [1.165, 1.54) is 44.9 Å². The first-order chi connectivity index (χ1) is 15.7. The van der Waals surface area contributed by atoms with Crippen LogP contribution in [0.15, 0.2) is 0 Å². The molecule has 0 aromatic rings. The number of fused-ring (bicyclic) bond motifs is 5. The number of ether oxygens (including phenoxy) is 2. The third-order valence-electron chi connectivity index (χ3n) is 13.4. The minimum absolute atomic E-state index is 0.0812. The molecule has 1 aliphatic heterocycles. The number of carbonyl (C=O) groups is 1. The van der Waals surface area contributed by atoms with E-state index in [0.29, 0.717) is 33.9 Å². The monoisotopic (exact) mass is 472 g/mol. The molecule has 0 amide bonds. The van der Waals surface area contributed by atoms with E-state index >= 15 is 0 Å². The minimum atomic E-state index is -0.157. The average Bonchev–Trinajstić information content (AvgIpc) is 3.12. The molecule has 5 aliphatic rings. The zero-order chi connectivity index (χ0) is 24.9. The summed E-state index contributed by atoms with van der Waals surface area (Å²) >= 11 is 0. The predicted molar refractivity (Wildman–Crippen MR) is 137 cm³/mol. The van der Waals surface area contributed by atoms with E-state index in [-0.39, 0.29) is 22.7 Å². The smallest absolute Gasteiger partial charge is 0.162 e. The average molecular weight is 473 g/mol. The molecule has 0 spiro atoms. The predicted octanol–water partition coefficient (Wildman–Crippen LogP) is 7.81. The highest BCUT2D eigenvalue weighted by Gasteiger charge is 2.70. The maximum atomic E-state index is 12.9. The van der Waals surface area contributed by atoms with Crippen LogP contribution in [0.25, 0.3) is 0 Å². The third-order valence-corrected chi connectivity index (χ3v) is 13.4. The number of ketones is 1. The van der Waals surface area contributed by atoms with Crippen LogP contribution in [-0.4, -0.2) is 24.8 Å². The highest BCUT2D eigenvalue weighted by Crippen LogP contribution is 2.75. The number of Topliss-reactive ketones (excluding diaryl/α,β-unsaturated/α-hetero) is 1. The fourth-order valence-electron chi connectivity index (χ4n) is 11.1. The van der Waals surface area contributed by atoms with Crippen LogP contribution in [0.3, 0.4) is 0 Å². The summed E-state index contributed by atoms with van der Waals surface area (Å²) in [6, 6.07) is 0. The Balaban J connectivity index is 1.45. The van der Waals surface area contributed by atoms with Crippen LogP contribution >= 0.6 is 0 Å². The molecule has 0 unspecified atom stereocenters. The van der Waals surface area contributed by atoms with Crippen molar-refractivity contribution in [3.05, 3.63) is 0 Å². The molecule has 1 heterocycles. The van der Waals surface area contributed by atoms with Gasteiger partial charge in [0.1, 0.15) is 5.78 Å². The fourth-order valence-corrected chi connectivity index (χ4v) is 11.1. The summed E-state index contributed by atoms with van der Waals surface area (Å²) in [7, 11) is 1.82. The fraction of sp³-hybridized carbons (Fsp3) is 0.968. The highest BCUT2D eigenvalue weighted by atomic mass is 16.7. The molecule has 1 saturated heterocycles. The van der Waals surface area contributed by atoms with Gasteiger partial charge in [-0.3, -0.25) is 4.79 Å². The number of methoxy groups -OCH3 is 1. The SMILES string of the molecule is CO[C@@H]1O[C@](C)([C@H]2CC[C@@]3(C)[C@H]2CC[C@@H]2[C@@]4(C)CCC(=O)C(C)(C)[C@@H]4CC[C@]23C)CCC1(C)C. The second kappa shape index (κ2) is 7.56. The minimum Gasteiger partial charge on any atom is -0.355 e. The van der Waals surface area contributed by atoms with E-state index in [1.54, 1.807) is 0 Å². The molecule has 0 aromatic carbocycles. The van der Waals surface area contributed by atoms with Gasteiger partial charge in [0.15, 0.2) is 6.29 Å². The second-order valence-electron chi connectivity index (χ2n) is 15.4. The van der Waals surface area contributed by atoms with E-state index in [4.69, 9.17) is 9.47 Å². The summed E-state index contributed by atoms with van der Waals surface area (Å²) in [5, 5.41) is 0. The van der Waals surface area contributed by atoms with E-state index in [2.05, 4.69) is 55.4 Å². The van der Waals surface area contributed by atoms with Gasteiger partial charge in [0.25, 0.3) is 0 Å². The van der Waals surface area contributed by atoms with E-state index in [9.17, 15) is 4.79 Å². The third kappa shape index (κ3) is 3.10. The summed E-state index contributed by atoms with van der Waals surface area (Å²) in [4.78, 5) is 12.9. The molecule has 5 fully saturated rings. The van der Waals surface area contributed by atoms with Gasteiger partial charge >= 0.3 is 0 Å². The van der Waals surface area contributed by atoms with E-state index in [0.717, 1.165) is 31.1 Å². The zero-order valence-electron chi connectivity index (χ0n) is 23.7. The molecular formula is C31H52O3. The first-order valence-corrected chi connectivity index (χ1v) is 14.4. The van der Waals surface area contributed by atoms with Gasteiger partial charge in [0, 0.05) is 24.4 Å². The van der Waals surface area contributed by atoms with Crippen LogP contribution in [0.4, 0.5) is 0 Å². The molecular weight excluding hydrogens is 420 g/mol. The Morgan fingerprint density at radius 1 is 0.735 bits per heavy atom. The highest BCUT2D eigenvalue weighted by molar-refractivity contribution is 5.85. The maximum Gasteiger partial charge on any atom is 0.162 e. The molecule has 3 heteroatoms. The number of hydrogen-bond acceptors (Lipinski definition) is 3. The lowest BCUT2D eigenvalue weighted by molar-refractivity contribution is -0.291. The summed E-state index contributed by atoms with van der Waals surface area (Å²) in [5.41, 5.74) is 0.863. The van der Waals surface area contributed by atoms with E-state index < -0.39 is 0 Å². The molecule has 9 atom stereocenters. The van der Waals surface area contributed by atoms with Crippen LogP contribution in [0.5, 0.6) is 0 Å². The van der Waals surface area contributed by atoms with Gasteiger partial charge in [0.2, 0.25) is 0 Å². The summed E-state index contributed by atoms with van der Waals surface area (Å²) in [6.07, 6.45) is 11.9. The van der Waals surface area contributed by atoms with Crippen molar-refractivity contribution in [3.8, 4) is 0 Å². The summed E-state index contributed by atoms with van der Waals surface area (Å²) < 4.78 is 12.7. The van der Waals surface area contributed by atoms with Gasteiger partial charge in [-0.1, -0.05) is 48.5 Å². The zero-order valence-corrected chi connectivity index (χ0v) is 23.7. The van der Waals surface area contributed by atoms with Crippen LogP contribution in [0, 0.1) is 50.7 Å². The Bertz CT molecular complexity index is 846. The van der Waals surface area contributed by atoms with Gasteiger partial charge in [-0.05, 0) is 105 Å². The molecule has 0 N–H and O–H groups in total. The Kier molecular flexibility index (Phi) is 5.61. The molecule has 3 nitrogen and oxygen atoms in total. The van der Waals surface area contributed by atoms with Crippen LogP contribution in [0.2, 0.25) is 0 Å². The van der Waals surface area contributed by atoms with Crippen LogP contribution < -0.4 is 0 Å². The lowest BCUT2D eigenvalue weighted by Gasteiger charge is -2.69. The van der Waals surface area contributed by atoms with Crippen molar-refractivity contribution in [1.29, 1.82) is 0 Å². The molecule has 0 aromatic heterocycles. The molecule has 5 rings (SSSR count). The molecule has 4 aliphatic carbocycles.